The summed E-state index contributed by atoms with van der Waals surface area (Å²) in [5, 5.41) is 7.44. The average molecular weight is 311 g/mol. The van der Waals surface area contributed by atoms with Gasteiger partial charge in [0, 0.05) is 19.6 Å². The lowest BCUT2D eigenvalue weighted by molar-refractivity contribution is 0.365. The minimum atomic E-state index is -3.54. The quantitative estimate of drug-likeness (QED) is 0.832. The van der Waals surface area contributed by atoms with Crippen molar-refractivity contribution in [3.05, 3.63) is 4.60 Å². The first-order chi connectivity index (χ1) is 7.32. The summed E-state index contributed by atoms with van der Waals surface area (Å²) in [5.74, 6) is 0. The molecule has 0 amide bonds. The lowest BCUT2D eigenvalue weighted by Crippen LogP contribution is -2.37. The molecule has 1 aromatic rings. The van der Waals surface area contributed by atoms with Crippen molar-refractivity contribution in [2.75, 3.05) is 6.54 Å². The summed E-state index contributed by atoms with van der Waals surface area (Å²) in [4.78, 5) is 0. The van der Waals surface area contributed by atoms with E-state index < -0.39 is 10.0 Å². The predicted molar refractivity (Wildman–Crippen MR) is 63.4 cm³/mol. The lowest BCUT2D eigenvalue weighted by Gasteiger charge is -2.23. The number of rotatable bonds is 4. The van der Waals surface area contributed by atoms with E-state index in [-0.39, 0.29) is 15.7 Å². The zero-order valence-electron chi connectivity index (χ0n) is 9.68. The van der Waals surface area contributed by atoms with Gasteiger partial charge in [-0.2, -0.15) is 4.31 Å². The van der Waals surface area contributed by atoms with Crippen LogP contribution in [0.3, 0.4) is 0 Å². The summed E-state index contributed by atoms with van der Waals surface area (Å²) in [6.45, 7) is 5.88. The maximum Gasteiger partial charge on any atom is 0.263 e. The Morgan fingerprint density at radius 3 is 2.38 bits per heavy atom. The Labute approximate surface area is 104 Å². The first-order valence-electron chi connectivity index (χ1n) is 4.89. The van der Waals surface area contributed by atoms with E-state index in [0.717, 1.165) is 0 Å². The second-order valence-corrected chi connectivity index (χ2v) is 6.17. The number of aryl methyl sites for hydroxylation is 1. The van der Waals surface area contributed by atoms with Crippen LogP contribution in [0.1, 0.15) is 20.8 Å². The number of hydrogen-bond donors (Lipinski definition) is 0. The molecule has 0 aliphatic rings. The highest BCUT2D eigenvalue weighted by Crippen LogP contribution is 2.23. The number of nitrogens with zero attached hydrogens (tertiary/aromatic N) is 4. The van der Waals surface area contributed by atoms with Gasteiger partial charge < -0.3 is 0 Å². The molecule has 0 N–H and O–H groups in total. The van der Waals surface area contributed by atoms with Gasteiger partial charge >= 0.3 is 0 Å². The Morgan fingerprint density at radius 2 is 2.06 bits per heavy atom. The summed E-state index contributed by atoms with van der Waals surface area (Å²) in [6.07, 6.45) is 0. The standard InChI is InChI=1S/C8H15BrN4O2S/c1-5-13(6(2)3)16(14,15)8-7(9)10-11-12(8)4/h6H,5H2,1-4H3. The van der Waals surface area contributed by atoms with E-state index in [1.807, 2.05) is 13.8 Å². The van der Waals surface area contributed by atoms with Crippen LogP contribution in [-0.2, 0) is 17.1 Å². The SMILES string of the molecule is CCN(C(C)C)S(=O)(=O)c1c(Br)nnn1C. The number of hydrogen-bond acceptors (Lipinski definition) is 4. The third-order valence-corrected chi connectivity index (χ3v) is 5.22. The van der Waals surface area contributed by atoms with Crippen LogP contribution in [0, 0.1) is 0 Å². The molecule has 16 heavy (non-hydrogen) atoms. The molecule has 0 unspecified atom stereocenters. The van der Waals surface area contributed by atoms with Crippen molar-refractivity contribution < 1.29 is 8.42 Å². The van der Waals surface area contributed by atoms with Crippen LogP contribution in [0.2, 0.25) is 0 Å². The van der Waals surface area contributed by atoms with Gasteiger partial charge in [0.05, 0.1) is 0 Å². The molecule has 0 spiro atoms. The van der Waals surface area contributed by atoms with Crippen LogP contribution in [0.5, 0.6) is 0 Å². The topological polar surface area (TPSA) is 68.1 Å². The van der Waals surface area contributed by atoms with Crippen molar-refractivity contribution in [1.29, 1.82) is 0 Å². The molecule has 0 atom stereocenters. The molecular weight excluding hydrogens is 296 g/mol. The third kappa shape index (κ3) is 2.28. The Kier molecular flexibility index (Phi) is 4.08. The van der Waals surface area contributed by atoms with Crippen LogP contribution in [0.15, 0.2) is 9.63 Å². The molecule has 0 saturated carbocycles. The van der Waals surface area contributed by atoms with Crippen molar-refractivity contribution in [2.24, 2.45) is 7.05 Å². The second-order valence-electron chi connectivity index (χ2n) is 3.61. The summed E-state index contributed by atoms with van der Waals surface area (Å²) in [7, 11) is -1.99. The van der Waals surface area contributed by atoms with Crippen molar-refractivity contribution >= 4 is 26.0 Å². The van der Waals surface area contributed by atoms with E-state index in [1.165, 1.54) is 8.99 Å². The van der Waals surface area contributed by atoms with E-state index in [0.29, 0.717) is 6.54 Å². The van der Waals surface area contributed by atoms with Crippen LogP contribution in [-0.4, -0.2) is 40.3 Å². The summed E-state index contributed by atoms with van der Waals surface area (Å²) >= 11 is 3.10. The van der Waals surface area contributed by atoms with E-state index >= 15 is 0 Å². The Hall–Kier alpha value is -0.470. The van der Waals surface area contributed by atoms with Gasteiger partial charge in [-0.05, 0) is 29.8 Å². The summed E-state index contributed by atoms with van der Waals surface area (Å²) in [5.41, 5.74) is 0. The highest BCUT2D eigenvalue weighted by Gasteiger charge is 2.31. The molecule has 0 aliphatic carbocycles. The summed E-state index contributed by atoms with van der Waals surface area (Å²) in [6, 6.07) is -0.100. The molecule has 1 heterocycles. The monoisotopic (exact) mass is 310 g/mol. The van der Waals surface area contributed by atoms with Gasteiger partial charge in [0.15, 0.2) is 4.60 Å². The van der Waals surface area contributed by atoms with Crippen molar-refractivity contribution in [3.63, 3.8) is 0 Å². The predicted octanol–water partition coefficient (Wildman–Crippen LogP) is 0.997. The number of halogens is 1. The van der Waals surface area contributed by atoms with Crippen LogP contribution >= 0.6 is 15.9 Å². The first-order valence-corrected chi connectivity index (χ1v) is 7.12. The Bertz CT molecular complexity index is 449. The normalized spacial score (nSPS) is 12.7. The van der Waals surface area contributed by atoms with Crippen molar-refractivity contribution in [3.8, 4) is 0 Å². The minimum Gasteiger partial charge on any atom is -0.235 e. The molecule has 0 radical (unpaired) electrons. The maximum absolute atomic E-state index is 12.3. The lowest BCUT2D eigenvalue weighted by atomic mass is 10.4. The van der Waals surface area contributed by atoms with Gasteiger partial charge in [0.1, 0.15) is 0 Å². The first kappa shape index (κ1) is 13.6. The fourth-order valence-electron chi connectivity index (χ4n) is 1.52. The minimum absolute atomic E-state index is 0.0862. The largest absolute Gasteiger partial charge is 0.263 e. The third-order valence-electron chi connectivity index (χ3n) is 2.18. The molecule has 0 aromatic carbocycles. The maximum atomic E-state index is 12.3. The molecule has 8 heteroatoms. The van der Waals surface area contributed by atoms with E-state index in [1.54, 1.807) is 14.0 Å². The zero-order valence-corrected chi connectivity index (χ0v) is 12.1. The van der Waals surface area contributed by atoms with Crippen molar-refractivity contribution in [2.45, 2.75) is 31.8 Å². The highest BCUT2D eigenvalue weighted by atomic mass is 79.9. The number of aromatic nitrogens is 3. The van der Waals surface area contributed by atoms with Crippen LogP contribution in [0.25, 0.3) is 0 Å². The smallest absolute Gasteiger partial charge is 0.235 e. The average Bonchev–Trinajstić information content (AvgIpc) is 2.46. The highest BCUT2D eigenvalue weighted by molar-refractivity contribution is 9.10. The molecule has 0 bridgehead atoms. The van der Waals surface area contributed by atoms with E-state index in [4.69, 9.17) is 0 Å². The molecule has 1 aromatic heterocycles. The number of sulfonamides is 1. The Balaban J connectivity index is 3.31. The van der Waals surface area contributed by atoms with Crippen LogP contribution < -0.4 is 0 Å². The summed E-state index contributed by atoms with van der Waals surface area (Å²) < 4.78 is 27.5. The van der Waals surface area contributed by atoms with Crippen LogP contribution in [0.4, 0.5) is 0 Å². The molecule has 92 valence electrons. The molecule has 0 aliphatic heterocycles. The fourth-order valence-corrected chi connectivity index (χ4v) is 4.20. The van der Waals surface area contributed by atoms with Gasteiger partial charge in [-0.1, -0.05) is 12.1 Å². The fraction of sp³-hybridized carbons (Fsp3) is 0.750. The van der Waals surface area contributed by atoms with Crippen molar-refractivity contribution in [1.82, 2.24) is 19.3 Å². The van der Waals surface area contributed by atoms with E-state index in [9.17, 15) is 8.42 Å². The molecule has 6 nitrogen and oxygen atoms in total. The molecule has 0 fully saturated rings. The second kappa shape index (κ2) is 4.80. The molecule has 0 saturated heterocycles. The van der Waals surface area contributed by atoms with Gasteiger partial charge in [-0.3, -0.25) is 0 Å². The Morgan fingerprint density at radius 1 is 1.50 bits per heavy atom. The van der Waals surface area contributed by atoms with Gasteiger partial charge in [0.25, 0.3) is 10.0 Å². The van der Waals surface area contributed by atoms with Gasteiger partial charge in [-0.25, -0.2) is 13.1 Å². The van der Waals surface area contributed by atoms with Gasteiger partial charge in [0.2, 0.25) is 5.03 Å². The van der Waals surface area contributed by atoms with Gasteiger partial charge in [-0.15, -0.1) is 5.10 Å². The molecule has 1 rings (SSSR count). The van der Waals surface area contributed by atoms with E-state index in [2.05, 4.69) is 26.2 Å². The zero-order chi connectivity index (χ0) is 12.5. The molecular formula is C8H15BrN4O2S.